The van der Waals surface area contributed by atoms with Gasteiger partial charge in [-0.2, -0.15) is 0 Å². The summed E-state index contributed by atoms with van der Waals surface area (Å²) in [6.07, 6.45) is 2.13. The molecule has 1 aromatic heterocycles. The lowest BCUT2D eigenvalue weighted by atomic mass is 9.31. The zero-order valence-corrected chi connectivity index (χ0v) is 13.7. The number of fused-ring (bicyclic) bond motifs is 1. The van der Waals surface area contributed by atoms with Gasteiger partial charge in [0.25, 0.3) is 0 Å². The molecular formula is C13H22B4N2O. The van der Waals surface area contributed by atoms with Gasteiger partial charge in [-0.3, -0.25) is 0 Å². The van der Waals surface area contributed by atoms with Crippen molar-refractivity contribution in [2.45, 2.75) is 10.6 Å². The fourth-order valence-electron chi connectivity index (χ4n) is 2.64. The number of nitrogens with zero attached hydrogens (tertiary/aromatic N) is 1. The summed E-state index contributed by atoms with van der Waals surface area (Å²) in [5.41, 5.74) is 2.47. The van der Waals surface area contributed by atoms with Crippen LogP contribution in [0.25, 0.3) is 10.9 Å². The molecule has 0 saturated carbocycles. The molecule has 0 aliphatic carbocycles. The van der Waals surface area contributed by atoms with Crippen LogP contribution in [0.15, 0.2) is 24.4 Å². The molecule has 2 aromatic rings. The molecule has 3 nitrogen and oxygen atoms in total. The molecule has 0 saturated heterocycles. The summed E-state index contributed by atoms with van der Waals surface area (Å²) in [7, 11) is 15.2. The monoisotopic (exact) mass is 266 g/mol. The van der Waals surface area contributed by atoms with Crippen molar-refractivity contribution in [2.24, 2.45) is 0 Å². The Morgan fingerprint density at radius 3 is 2.35 bits per heavy atom. The van der Waals surface area contributed by atoms with Gasteiger partial charge in [0.1, 0.15) is 37.1 Å². The van der Waals surface area contributed by atoms with E-state index < -0.39 is 0 Å². The normalized spacial score (nSPS) is 13.0. The predicted octanol–water partition coefficient (Wildman–Crippen LogP) is -1.92. The van der Waals surface area contributed by atoms with Gasteiger partial charge in [-0.25, -0.2) is 0 Å². The third-order valence-corrected chi connectivity index (χ3v) is 5.21. The van der Waals surface area contributed by atoms with E-state index in [4.69, 9.17) is 4.74 Å². The molecule has 0 aliphatic heterocycles. The first-order valence-electron chi connectivity index (χ1n) is 7.05. The zero-order valence-electron chi connectivity index (χ0n) is 13.7. The van der Waals surface area contributed by atoms with Crippen molar-refractivity contribution >= 4 is 42.3 Å². The SMILES string of the molecule is BC(B)(c1c[nH]c2cc(OC)ccc12)C(B)(B)N(C)C. The molecule has 0 fully saturated rings. The minimum atomic E-state index is 0.0172. The maximum Gasteiger partial charge on any atom is 0.120 e. The van der Waals surface area contributed by atoms with Crippen molar-refractivity contribution in [2.75, 3.05) is 21.2 Å². The molecule has 2 rings (SSSR count). The molecule has 20 heavy (non-hydrogen) atoms. The molecule has 1 aromatic carbocycles. The van der Waals surface area contributed by atoms with Gasteiger partial charge >= 0.3 is 0 Å². The maximum atomic E-state index is 5.29. The van der Waals surface area contributed by atoms with E-state index in [0.29, 0.717) is 0 Å². The number of likely N-dealkylation sites (N-methyl/N-ethyl adjacent to an activating group) is 1. The number of aromatic amines is 1. The minimum absolute atomic E-state index is 0.0172. The fraction of sp³-hybridized carbons (Fsp3) is 0.385. The Labute approximate surface area is 125 Å². The van der Waals surface area contributed by atoms with Crippen molar-refractivity contribution in [3.05, 3.63) is 30.0 Å². The van der Waals surface area contributed by atoms with Gasteiger partial charge in [-0.1, -0.05) is 5.21 Å². The molecule has 0 atom stereocenters. The molecule has 0 spiro atoms. The fourth-order valence-corrected chi connectivity index (χ4v) is 2.64. The van der Waals surface area contributed by atoms with Crippen molar-refractivity contribution in [1.82, 2.24) is 9.88 Å². The Morgan fingerprint density at radius 2 is 1.80 bits per heavy atom. The van der Waals surface area contributed by atoms with E-state index in [0.717, 1.165) is 11.3 Å². The Morgan fingerprint density at radius 1 is 1.15 bits per heavy atom. The Balaban J connectivity index is 2.58. The van der Waals surface area contributed by atoms with Gasteiger partial charge in [-0.05, 0) is 37.1 Å². The number of aromatic nitrogens is 1. The smallest absolute Gasteiger partial charge is 0.120 e. The highest BCUT2D eigenvalue weighted by Crippen LogP contribution is 2.34. The van der Waals surface area contributed by atoms with E-state index in [2.05, 4.69) is 73.7 Å². The standard InChI is InChI=1S/C13H22B4N2O/c1-19(2)13(16,17)12(14,15)10-7-18-11-6-8(20-3)4-5-9(10)11/h4-7,18H,14-17H2,1-3H3. The van der Waals surface area contributed by atoms with E-state index in [-0.39, 0.29) is 10.6 Å². The van der Waals surface area contributed by atoms with E-state index in [1.54, 1.807) is 7.11 Å². The molecule has 0 unspecified atom stereocenters. The lowest BCUT2D eigenvalue weighted by Gasteiger charge is -2.47. The van der Waals surface area contributed by atoms with Gasteiger partial charge in [0, 0.05) is 23.2 Å². The Kier molecular flexibility index (Phi) is 3.76. The highest BCUT2D eigenvalue weighted by molar-refractivity contribution is 6.54. The average Bonchev–Trinajstić information content (AvgIpc) is 2.81. The molecule has 0 bridgehead atoms. The van der Waals surface area contributed by atoms with Crippen molar-refractivity contribution in [3.63, 3.8) is 0 Å². The number of benzene rings is 1. The van der Waals surface area contributed by atoms with Crippen LogP contribution in [0.5, 0.6) is 5.75 Å². The van der Waals surface area contributed by atoms with Gasteiger partial charge in [-0.15, -0.1) is 0 Å². The van der Waals surface area contributed by atoms with Crippen LogP contribution in [0.2, 0.25) is 0 Å². The van der Waals surface area contributed by atoms with E-state index in [1.165, 1.54) is 10.9 Å². The molecule has 0 amide bonds. The number of H-pyrrole nitrogens is 1. The molecule has 0 aliphatic rings. The minimum Gasteiger partial charge on any atom is -0.497 e. The van der Waals surface area contributed by atoms with Crippen LogP contribution in [0.3, 0.4) is 0 Å². The van der Waals surface area contributed by atoms with Gasteiger partial charge in [0.2, 0.25) is 0 Å². The van der Waals surface area contributed by atoms with E-state index >= 15 is 0 Å². The molecule has 0 radical (unpaired) electrons. The van der Waals surface area contributed by atoms with Gasteiger partial charge in [0.05, 0.1) is 7.11 Å². The highest BCUT2D eigenvalue weighted by Gasteiger charge is 2.40. The van der Waals surface area contributed by atoms with Crippen LogP contribution in [-0.4, -0.2) is 67.8 Å². The first-order valence-corrected chi connectivity index (χ1v) is 7.05. The lowest BCUT2D eigenvalue weighted by molar-refractivity contribution is 0.310. The van der Waals surface area contributed by atoms with Gasteiger partial charge < -0.3 is 14.6 Å². The summed E-state index contributed by atoms with van der Waals surface area (Å²) < 4.78 is 5.29. The molecule has 7 heteroatoms. The van der Waals surface area contributed by atoms with Crippen LogP contribution in [0.4, 0.5) is 0 Å². The zero-order chi connectivity index (χ0) is 15.1. The maximum absolute atomic E-state index is 5.29. The number of hydrogen-bond acceptors (Lipinski definition) is 2. The summed E-state index contributed by atoms with van der Waals surface area (Å²) in [5.74, 6) is 0.885. The van der Waals surface area contributed by atoms with Crippen LogP contribution in [-0.2, 0) is 5.21 Å². The third-order valence-electron chi connectivity index (χ3n) is 5.21. The lowest BCUT2D eigenvalue weighted by Crippen LogP contribution is -2.62. The quantitative estimate of drug-likeness (QED) is 0.653. The predicted molar refractivity (Wildman–Crippen MR) is 97.1 cm³/mol. The van der Waals surface area contributed by atoms with Crippen molar-refractivity contribution in [3.8, 4) is 5.75 Å². The number of hydrogen-bond donors (Lipinski definition) is 1. The van der Waals surface area contributed by atoms with E-state index in [9.17, 15) is 0 Å². The topological polar surface area (TPSA) is 28.3 Å². The second kappa shape index (κ2) is 4.96. The Bertz CT molecular complexity index is 622. The van der Waals surface area contributed by atoms with Crippen LogP contribution in [0, 0.1) is 0 Å². The summed E-state index contributed by atoms with van der Waals surface area (Å²) >= 11 is 0. The highest BCUT2D eigenvalue weighted by atomic mass is 16.5. The second-order valence-corrected chi connectivity index (χ2v) is 6.69. The van der Waals surface area contributed by atoms with E-state index in [1.807, 2.05) is 6.07 Å². The van der Waals surface area contributed by atoms with Crippen LogP contribution in [0.1, 0.15) is 5.56 Å². The molecule has 1 N–H and O–H groups in total. The van der Waals surface area contributed by atoms with Crippen LogP contribution < -0.4 is 4.74 Å². The first-order chi connectivity index (χ1) is 9.21. The number of nitrogens with one attached hydrogen (secondary N) is 1. The second-order valence-electron chi connectivity index (χ2n) is 6.69. The first kappa shape index (κ1) is 15.2. The van der Waals surface area contributed by atoms with Crippen molar-refractivity contribution < 1.29 is 4.74 Å². The average molecular weight is 266 g/mol. The van der Waals surface area contributed by atoms with Gasteiger partial charge in [0.15, 0.2) is 0 Å². The Hall–Kier alpha value is -1.22. The number of rotatable bonds is 4. The summed E-state index contributed by atoms with van der Waals surface area (Å²) in [6, 6.07) is 6.23. The largest absolute Gasteiger partial charge is 0.497 e. The number of methoxy groups -OCH3 is 1. The number of ether oxygens (including phenoxy) is 1. The molecule has 1 heterocycles. The summed E-state index contributed by atoms with van der Waals surface area (Å²) in [6.45, 7) is 0. The third kappa shape index (κ3) is 2.18. The van der Waals surface area contributed by atoms with Crippen molar-refractivity contribution in [1.29, 1.82) is 0 Å². The summed E-state index contributed by atoms with van der Waals surface area (Å²) in [4.78, 5) is 5.67. The molecule has 102 valence electrons. The molecular weight excluding hydrogens is 243 g/mol. The summed E-state index contributed by atoms with van der Waals surface area (Å²) in [5, 5.41) is 1.33. The van der Waals surface area contributed by atoms with Crippen LogP contribution >= 0.6 is 0 Å².